The Bertz CT molecular complexity index is 217. The normalized spacial score (nSPS) is 19.0. The Balaban J connectivity index is 2.25. The lowest BCUT2D eigenvalue weighted by atomic mass is 10.3. The predicted octanol–water partition coefficient (Wildman–Crippen LogP) is -1.58. The second-order valence-electron chi connectivity index (χ2n) is 2.71. The topological polar surface area (TPSA) is 96.9 Å². The molecule has 4 N–H and O–H groups in total. The number of nitrogens with two attached hydrogens (primary N) is 1. The molecule has 0 aromatic carbocycles. The van der Waals surface area contributed by atoms with E-state index in [0.29, 0.717) is 25.6 Å². The van der Waals surface area contributed by atoms with Gasteiger partial charge < -0.3 is 20.9 Å². The lowest BCUT2D eigenvalue weighted by Crippen LogP contribution is -2.44. The molecule has 6 nitrogen and oxygen atoms in total. The van der Waals surface area contributed by atoms with E-state index >= 15 is 0 Å². The highest BCUT2D eigenvalue weighted by atomic mass is 16.5. The predicted molar refractivity (Wildman–Crippen MR) is 46.7 cm³/mol. The number of ether oxygens (including phenoxy) is 1. The number of hydrogen-bond donors (Lipinski definition) is 3. The minimum absolute atomic E-state index is 0.178. The number of amidine groups is 1. The Hall–Kier alpha value is -1.14. The molecule has 0 saturated heterocycles. The molecule has 6 heteroatoms. The van der Waals surface area contributed by atoms with Crippen molar-refractivity contribution in [2.45, 2.75) is 6.04 Å². The van der Waals surface area contributed by atoms with Crippen LogP contribution in [0.3, 0.4) is 0 Å². The molecular weight excluding hydrogens is 174 g/mol. The highest BCUT2D eigenvalue weighted by molar-refractivity contribution is 5.84. The summed E-state index contributed by atoms with van der Waals surface area (Å²) in [5.74, 6) is -0.354. The standard InChI is InChI=1S/C7H13N3O3/c8-5(7(11)12)3-10-6-4-13-2-1-9-6/h5H,1-4,8H2,(H,9,10)(H,11,12). The first-order valence-electron chi connectivity index (χ1n) is 4.03. The third-order valence-corrected chi connectivity index (χ3v) is 1.62. The maximum Gasteiger partial charge on any atom is 0.322 e. The first-order chi connectivity index (χ1) is 6.20. The number of nitrogens with one attached hydrogen (secondary N) is 1. The second-order valence-corrected chi connectivity index (χ2v) is 2.71. The van der Waals surface area contributed by atoms with Gasteiger partial charge in [0.2, 0.25) is 0 Å². The van der Waals surface area contributed by atoms with Gasteiger partial charge in [-0.15, -0.1) is 0 Å². The number of carboxylic acids is 1. The van der Waals surface area contributed by atoms with Gasteiger partial charge in [0.1, 0.15) is 18.5 Å². The number of carbonyl (C=O) groups is 1. The molecule has 13 heavy (non-hydrogen) atoms. The van der Waals surface area contributed by atoms with E-state index in [1.807, 2.05) is 0 Å². The van der Waals surface area contributed by atoms with Crippen LogP contribution < -0.4 is 11.1 Å². The van der Waals surface area contributed by atoms with Gasteiger partial charge >= 0.3 is 5.97 Å². The fraction of sp³-hybridized carbons (Fsp3) is 0.714. The summed E-state index contributed by atoms with van der Waals surface area (Å²) in [5.41, 5.74) is 5.28. The van der Waals surface area contributed by atoms with Crippen LogP contribution in [0.4, 0.5) is 0 Å². The third-order valence-electron chi connectivity index (χ3n) is 1.62. The molecule has 0 spiro atoms. The molecule has 1 aliphatic rings. The molecule has 0 bridgehead atoms. The minimum atomic E-state index is -1.02. The smallest absolute Gasteiger partial charge is 0.322 e. The average Bonchev–Trinajstić information content (AvgIpc) is 2.15. The van der Waals surface area contributed by atoms with Crippen molar-refractivity contribution in [3.63, 3.8) is 0 Å². The van der Waals surface area contributed by atoms with Crippen LogP contribution in [-0.4, -0.2) is 49.3 Å². The van der Waals surface area contributed by atoms with E-state index in [2.05, 4.69) is 10.3 Å². The summed E-state index contributed by atoms with van der Waals surface area (Å²) >= 11 is 0. The lowest BCUT2D eigenvalue weighted by molar-refractivity contribution is -0.138. The molecule has 74 valence electrons. The molecule has 0 saturated carbocycles. The van der Waals surface area contributed by atoms with Crippen molar-refractivity contribution in [3.8, 4) is 0 Å². The van der Waals surface area contributed by atoms with E-state index in [0.717, 1.165) is 0 Å². The molecule has 0 aromatic rings. The summed E-state index contributed by atoms with van der Waals surface area (Å²) in [6.07, 6.45) is 0. The van der Waals surface area contributed by atoms with Crippen molar-refractivity contribution in [3.05, 3.63) is 0 Å². The number of aliphatic imine (C=N–C) groups is 1. The Kier molecular flexibility index (Phi) is 3.66. The fourth-order valence-electron chi connectivity index (χ4n) is 0.882. The Morgan fingerprint density at radius 2 is 2.62 bits per heavy atom. The molecule has 1 aliphatic heterocycles. The van der Waals surface area contributed by atoms with Crippen LogP contribution in [0.5, 0.6) is 0 Å². The van der Waals surface area contributed by atoms with Crippen LogP contribution in [0, 0.1) is 0 Å². The number of carboxylic acid groups (broad SMARTS) is 1. The van der Waals surface area contributed by atoms with E-state index in [1.165, 1.54) is 0 Å². The van der Waals surface area contributed by atoms with Crippen LogP contribution in [0.15, 0.2) is 4.99 Å². The van der Waals surface area contributed by atoms with E-state index in [9.17, 15) is 4.79 Å². The molecule has 0 aromatic heterocycles. The largest absolute Gasteiger partial charge is 0.480 e. The molecule has 1 unspecified atom stereocenters. The number of aliphatic carboxylic acids is 1. The van der Waals surface area contributed by atoms with Gasteiger partial charge in [-0.05, 0) is 0 Å². The summed E-state index contributed by atoms with van der Waals surface area (Å²) in [5, 5.41) is 11.3. The number of hydrogen-bond acceptors (Lipinski definition) is 5. The van der Waals surface area contributed by atoms with Crippen LogP contribution in [-0.2, 0) is 9.53 Å². The SMILES string of the molecule is NC(CNC1=NCCOC1)C(=O)O. The maximum absolute atomic E-state index is 10.3. The first-order valence-corrected chi connectivity index (χ1v) is 4.03. The van der Waals surface area contributed by atoms with Crippen LogP contribution >= 0.6 is 0 Å². The average molecular weight is 187 g/mol. The molecule has 0 fully saturated rings. The molecule has 0 amide bonds. The quantitative estimate of drug-likeness (QED) is 0.495. The molecule has 1 atom stereocenters. The van der Waals surface area contributed by atoms with Crippen molar-refractivity contribution in [1.29, 1.82) is 0 Å². The van der Waals surface area contributed by atoms with Gasteiger partial charge in [-0.25, -0.2) is 0 Å². The van der Waals surface area contributed by atoms with Crippen LogP contribution in [0.25, 0.3) is 0 Å². The van der Waals surface area contributed by atoms with Gasteiger partial charge in [-0.2, -0.15) is 0 Å². The van der Waals surface area contributed by atoms with Crippen LogP contribution in [0.1, 0.15) is 0 Å². The molecule has 0 radical (unpaired) electrons. The number of nitrogens with zero attached hydrogens (tertiary/aromatic N) is 1. The van der Waals surface area contributed by atoms with Gasteiger partial charge in [0, 0.05) is 6.54 Å². The zero-order valence-corrected chi connectivity index (χ0v) is 7.19. The Morgan fingerprint density at radius 3 is 3.15 bits per heavy atom. The highest BCUT2D eigenvalue weighted by Gasteiger charge is 2.12. The molecular formula is C7H13N3O3. The summed E-state index contributed by atoms with van der Waals surface area (Å²) in [4.78, 5) is 14.4. The maximum atomic E-state index is 10.3. The zero-order chi connectivity index (χ0) is 9.68. The van der Waals surface area contributed by atoms with E-state index in [4.69, 9.17) is 15.6 Å². The summed E-state index contributed by atoms with van der Waals surface area (Å²) < 4.78 is 5.09. The Labute approximate surface area is 75.8 Å². The summed E-state index contributed by atoms with van der Waals surface area (Å²) in [6, 6.07) is -0.898. The highest BCUT2D eigenvalue weighted by Crippen LogP contribution is 1.88. The van der Waals surface area contributed by atoms with Crippen LogP contribution in [0.2, 0.25) is 0 Å². The van der Waals surface area contributed by atoms with Gasteiger partial charge in [0.15, 0.2) is 0 Å². The van der Waals surface area contributed by atoms with Crippen molar-refractivity contribution < 1.29 is 14.6 Å². The van der Waals surface area contributed by atoms with Gasteiger partial charge in [-0.1, -0.05) is 0 Å². The van der Waals surface area contributed by atoms with E-state index in [1.54, 1.807) is 0 Å². The van der Waals surface area contributed by atoms with E-state index < -0.39 is 12.0 Å². The van der Waals surface area contributed by atoms with Gasteiger partial charge in [0.05, 0.1) is 13.2 Å². The number of rotatable bonds is 3. The second kappa shape index (κ2) is 4.78. The zero-order valence-electron chi connectivity index (χ0n) is 7.19. The van der Waals surface area contributed by atoms with E-state index in [-0.39, 0.29) is 6.54 Å². The van der Waals surface area contributed by atoms with Gasteiger partial charge in [0.25, 0.3) is 0 Å². The molecule has 1 rings (SSSR count). The third kappa shape index (κ3) is 3.39. The van der Waals surface area contributed by atoms with Gasteiger partial charge in [-0.3, -0.25) is 9.79 Å². The minimum Gasteiger partial charge on any atom is -0.480 e. The Morgan fingerprint density at radius 1 is 1.85 bits per heavy atom. The van der Waals surface area contributed by atoms with Crippen molar-refractivity contribution in [1.82, 2.24) is 5.32 Å². The summed E-state index contributed by atoms with van der Waals surface area (Å²) in [7, 11) is 0. The van der Waals surface area contributed by atoms with Crippen molar-refractivity contribution in [2.24, 2.45) is 10.7 Å². The molecule has 0 aliphatic carbocycles. The van der Waals surface area contributed by atoms with Crippen molar-refractivity contribution in [2.75, 3.05) is 26.3 Å². The molecule has 1 heterocycles. The van der Waals surface area contributed by atoms with Crippen molar-refractivity contribution >= 4 is 11.8 Å². The lowest BCUT2D eigenvalue weighted by Gasteiger charge is -2.15. The summed E-state index contributed by atoms with van der Waals surface area (Å²) in [6.45, 7) is 1.82. The fourth-order valence-corrected chi connectivity index (χ4v) is 0.882. The first kappa shape index (κ1) is 9.94. The monoisotopic (exact) mass is 187 g/mol.